The van der Waals surface area contributed by atoms with Crippen molar-refractivity contribution in [3.63, 3.8) is 0 Å². The first kappa shape index (κ1) is 26.6. The maximum atomic E-state index is 5.75. The molecule has 34 heavy (non-hydrogen) atoms. The average molecular weight is 531 g/mol. The summed E-state index contributed by atoms with van der Waals surface area (Å²) in [5.74, 6) is 0. The molecule has 2 N–H and O–H groups in total. The molecule has 2 fully saturated rings. The maximum Gasteiger partial charge on any atom is 0.185 e. The van der Waals surface area contributed by atoms with Crippen LogP contribution in [0.15, 0.2) is 60.7 Å². The van der Waals surface area contributed by atoms with Crippen LogP contribution in [-0.4, -0.2) is 43.4 Å². The monoisotopic (exact) mass is 530 g/mol. The summed E-state index contributed by atoms with van der Waals surface area (Å²) in [6, 6.07) is 20.3. The van der Waals surface area contributed by atoms with Gasteiger partial charge in [-0.2, -0.15) is 0 Å². The number of hydrogen-bond donors (Lipinski definition) is 2. The standard InChI is InChI=1S/2C13H15NOS2/c2*1-13(2)12(17)15-10(11(16)14-13)8-9-6-4-3-5-7-9/h2*3-7,10H,8H2,1-2H3,(H,14,16)/t2*10-/m11/s1. The van der Waals surface area contributed by atoms with Crippen molar-refractivity contribution in [2.75, 3.05) is 0 Å². The second kappa shape index (κ2) is 11.2. The van der Waals surface area contributed by atoms with Gasteiger partial charge in [0.15, 0.2) is 22.3 Å². The van der Waals surface area contributed by atoms with E-state index in [2.05, 4.69) is 34.9 Å². The first-order valence-corrected chi connectivity index (χ1v) is 12.8. The summed E-state index contributed by atoms with van der Waals surface area (Å²) in [5.41, 5.74) is 1.70. The molecule has 2 aliphatic rings. The zero-order chi connectivity index (χ0) is 24.9. The minimum atomic E-state index is -0.348. The second-order valence-electron chi connectivity index (χ2n) is 9.40. The first-order valence-electron chi connectivity index (χ1n) is 11.1. The molecule has 0 saturated carbocycles. The Kier molecular flexibility index (Phi) is 8.73. The molecule has 0 amide bonds. The molecule has 2 aromatic rings. The lowest BCUT2D eigenvalue weighted by molar-refractivity contribution is 0.214. The van der Waals surface area contributed by atoms with Crippen molar-refractivity contribution < 1.29 is 9.47 Å². The van der Waals surface area contributed by atoms with Crippen LogP contribution in [0, 0.1) is 0 Å². The molecule has 2 atom stereocenters. The molecule has 180 valence electrons. The van der Waals surface area contributed by atoms with E-state index in [1.807, 2.05) is 64.1 Å². The Bertz CT molecular complexity index is 969. The molecule has 0 radical (unpaired) electrons. The number of rotatable bonds is 4. The van der Waals surface area contributed by atoms with Gasteiger partial charge in [-0.25, -0.2) is 0 Å². The third-order valence-electron chi connectivity index (χ3n) is 5.50. The number of thiocarbonyl (C=S) groups is 4. The van der Waals surface area contributed by atoms with Crippen LogP contribution in [0.25, 0.3) is 0 Å². The molecule has 4 nitrogen and oxygen atoms in total. The zero-order valence-corrected chi connectivity index (χ0v) is 23.1. The number of nitrogens with one attached hydrogen (secondary N) is 2. The summed E-state index contributed by atoms with van der Waals surface area (Å²) in [5, 5.41) is 7.63. The quantitative estimate of drug-likeness (QED) is 0.516. The predicted molar refractivity (Wildman–Crippen MR) is 155 cm³/mol. The fourth-order valence-electron chi connectivity index (χ4n) is 3.46. The lowest BCUT2D eigenvalue weighted by Gasteiger charge is -2.38. The minimum absolute atomic E-state index is 0.145. The largest absolute Gasteiger partial charge is 0.474 e. The summed E-state index contributed by atoms with van der Waals surface area (Å²) in [6.07, 6.45) is 1.21. The Morgan fingerprint density at radius 3 is 1.26 bits per heavy atom. The average Bonchev–Trinajstić information content (AvgIpc) is 2.77. The molecule has 2 aliphatic heterocycles. The Hall–Kier alpha value is -2.00. The van der Waals surface area contributed by atoms with Crippen molar-refractivity contribution in [1.29, 1.82) is 0 Å². The molecule has 2 heterocycles. The number of hydrogen-bond acceptors (Lipinski definition) is 6. The van der Waals surface area contributed by atoms with Gasteiger partial charge in [-0.15, -0.1) is 0 Å². The Morgan fingerprint density at radius 2 is 0.941 bits per heavy atom. The zero-order valence-electron chi connectivity index (χ0n) is 19.8. The van der Waals surface area contributed by atoms with Crippen LogP contribution in [0.5, 0.6) is 0 Å². The highest BCUT2D eigenvalue weighted by Crippen LogP contribution is 2.20. The SMILES string of the molecule is CC1(C)NC(=S)[C@@H](Cc2ccccc2)OC1=S.CC1(C)NC(=S)[C@@H](Cc2ccccc2)OC1=S. The van der Waals surface area contributed by atoms with E-state index < -0.39 is 0 Å². The van der Waals surface area contributed by atoms with E-state index in [-0.39, 0.29) is 23.3 Å². The smallest absolute Gasteiger partial charge is 0.185 e. The van der Waals surface area contributed by atoms with Crippen molar-refractivity contribution >= 4 is 68.9 Å². The van der Waals surface area contributed by atoms with E-state index in [1.165, 1.54) is 11.1 Å². The third kappa shape index (κ3) is 7.01. The Morgan fingerprint density at radius 1 is 0.618 bits per heavy atom. The predicted octanol–water partition coefficient (Wildman–Crippen LogP) is 5.30. The molecule has 2 aromatic carbocycles. The van der Waals surface area contributed by atoms with Gasteiger partial charge in [-0.1, -0.05) is 85.1 Å². The van der Waals surface area contributed by atoms with Crippen LogP contribution in [0.4, 0.5) is 0 Å². The maximum absolute atomic E-state index is 5.75. The summed E-state index contributed by atoms with van der Waals surface area (Å²) in [6.45, 7) is 7.89. The van der Waals surface area contributed by atoms with Crippen LogP contribution < -0.4 is 10.6 Å². The van der Waals surface area contributed by atoms with E-state index in [1.54, 1.807) is 0 Å². The van der Waals surface area contributed by atoms with Gasteiger partial charge in [0.1, 0.15) is 21.1 Å². The first-order chi connectivity index (χ1) is 16.0. The lowest BCUT2D eigenvalue weighted by atomic mass is 10.0. The Balaban J connectivity index is 0.000000191. The van der Waals surface area contributed by atoms with Crippen LogP contribution in [0.1, 0.15) is 38.8 Å². The highest BCUT2D eigenvalue weighted by molar-refractivity contribution is 7.81. The molecular weight excluding hydrogens is 501 g/mol. The van der Waals surface area contributed by atoms with E-state index in [0.717, 1.165) is 22.8 Å². The minimum Gasteiger partial charge on any atom is -0.474 e. The molecule has 0 bridgehead atoms. The summed E-state index contributed by atoms with van der Waals surface area (Å²) < 4.78 is 11.5. The summed E-state index contributed by atoms with van der Waals surface area (Å²) in [7, 11) is 0. The molecule has 0 unspecified atom stereocenters. The molecule has 0 aromatic heterocycles. The van der Waals surface area contributed by atoms with Crippen LogP contribution in [0.2, 0.25) is 0 Å². The van der Waals surface area contributed by atoms with Crippen molar-refractivity contribution in [3.05, 3.63) is 71.8 Å². The topological polar surface area (TPSA) is 42.5 Å². The molecule has 2 saturated heterocycles. The third-order valence-corrected chi connectivity index (χ3v) is 7.45. The lowest BCUT2D eigenvalue weighted by Crippen LogP contribution is -2.59. The highest BCUT2D eigenvalue weighted by Gasteiger charge is 2.37. The normalized spacial score (nSPS) is 22.8. The molecule has 8 heteroatoms. The van der Waals surface area contributed by atoms with Gasteiger partial charge in [0.25, 0.3) is 0 Å². The van der Waals surface area contributed by atoms with Crippen molar-refractivity contribution in [2.24, 2.45) is 0 Å². The van der Waals surface area contributed by atoms with Gasteiger partial charge >= 0.3 is 0 Å². The summed E-state index contributed by atoms with van der Waals surface area (Å²) >= 11 is 21.2. The van der Waals surface area contributed by atoms with Crippen LogP contribution >= 0.6 is 48.9 Å². The molecule has 0 spiro atoms. The Labute approximate surface area is 223 Å². The van der Waals surface area contributed by atoms with E-state index in [9.17, 15) is 0 Å². The molecular formula is C26H30N2O2S4. The number of benzene rings is 2. The van der Waals surface area contributed by atoms with Crippen LogP contribution in [-0.2, 0) is 22.3 Å². The summed E-state index contributed by atoms with van der Waals surface area (Å²) in [4.78, 5) is 1.46. The van der Waals surface area contributed by atoms with Gasteiger partial charge in [-0.3, -0.25) is 0 Å². The van der Waals surface area contributed by atoms with Crippen molar-refractivity contribution in [2.45, 2.75) is 63.8 Å². The van der Waals surface area contributed by atoms with Crippen molar-refractivity contribution in [1.82, 2.24) is 10.6 Å². The molecule has 4 rings (SSSR count). The number of ether oxygens (including phenoxy) is 2. The van der Waals surface area contributed by atoms with Gasteiger partial charge in [0, 0.05) is 12.8 Å². The fraction of sp³-hybridized carbons (Fsp3) is 0.385. The van der Waals surface area contributed by atoms with Gasteiger partial charge in [0.2, 0.25) is 0 Å². The highest BCUT2D eigenvalue weighted by atomic mass is 32.1. The van der Waals surface area contributed by atoms with E-state index >= 15 is 0 Å². The van der Waals surface area contributed by atoms with Crippen LogP contribution in [0.3, 0.4) is 0 Å². The van der Waals surface area contributed by atoms with Gasteiger partial charge < -0.3 is 20.1 Å². The molecule has 0 aliphatic carbocycles. The van der Waals surface area contributed by atoms with Crippen molar-refractivity contribution in [3.8, 4) is 0 Å². The van der Waals surface area contributed by atoms with Gasteiger partial charge in [0.05, 0.1) is 0 Å². The van der Waals surface area contributed by atoms with Gasteiger partial charge in [-0.05, 0) is 63.3 Å². The van der Waals surface area contributed by atoms with E-state index in [0.29, 0.717) is 10.1 Å². The van der Waals surface area contributed by atoms with E-state index in [4.69, 9.17) is 58.3 Å². The second-order valence-corrected chi connectivity index (χ2v) is 11.0. The fourth-order valence-corrected chi connectivity index (χ4v) is 4.57. The number of morpholine rings is 2.